The number of hydrogen-bond acceptors (Lipinski definition) is 7. The molecule has 1 aliphatic heterocycles. The Hall–Kier alpha value is -2.23. The highest BCUT2D eigenvalue weighted by molar-refractivity contribution is 7.10. The van der Waals surface area contributed by atoms with Gasteiger partial charge in [-0.05, 0) is 61.8 Å². The molecule has 9 heteroatoms. The predicted molar refractivity (Wildman–Crippen MR) is 116 cm³/mol. The van der Waals surface area contributed by atoms with E-state index in [4.69, 9.17) is 4.74 Å². The van der Waals surface area contributed by atoms with Gasteiger partial charge >= 0.3 is 6.03 Å². The van der Waals surface area contributed by atoms with Crippen LogP contribution in [0.25, 0.3) is 0 Å². The topological polar surface area (TPSA) is 99.6 Å². The fraction of sp³-hybridized carbons (Fsp3) is 0.571. The van der Waals surface area contributed by atoms with Crippen LogP contribution in [0.5, 0.6) is 5.75 Å². The van der Waals surface area contributed by atoms with E-state index in [0.29, 0.717) is 5.92 Å². The highest BCUT2D eigenvalue weighted by Gasteiger charge is 2.35. The zero-order chi connectivity index (χ0) is 21.1. The van der Waals surface area contributed by atoms with Crippen molar-refractivity contribution >= 4 is 22.6 Å². The van der Waals surface area contributed by atoms with E-state index in [0.717, 1.165) is 61.0 Å². The summed E-state index contributed by atoms with van der Waals surface area (Å²) in [6.45, 7) is 4.64. The van der Waals surface area contributed by atoms with Gasteiger partial charge in [0.25, 0.3) is 0 Å². The lowest BCUT2D eigenvalue weighted by molar-refractivity contribution is 0.0180. The Bertz CT molecular complexity index is 853. The molecule has 1 saturated heterocycles. The lowest BCUT2D eigenvalue weighted by Gasteiger charge is -2.42. The van der Waals surface area contributed by atoms with E-state index in [2.05, 4.69) is 24.9 Å². The average Bonchev–Trinajstić information content (AvgIpc) is 3.12. The number of pyridine rings is 1. The minimum atomic E-state index is -0.210. The zero-order valence-electron chi connectivity index (χ0n) is 17.4. The molecule has 3 heterocycles. The Morgan fingerprint density at radius 1 is 1.40 bits per heavy atom. The molecule has 2 atom stereocenters. The maximum Gasteiger partial charge on any atom is 0.320 e. The van der Waals surface area contributed by atoms with E-state index < -0.39 is 0 Å². The number of aliphatic hydroxyl groups excluding tert-OH is 1. The molecular weight excluding hydrogens is 402 g/mol. The summed E-state index contributed by atoms with van der Waals surface area (Å²) in [6.07, 6.45) is 4.23. The highest BCUT2D eigenvalue weighted by Crippen LogP contribution is 2.32. The van der Waals surface area contributed by atoms with Gasteiger partial charge in [0.2, 0.25) is 0 Å². The zero-order valence-corrected chi connectivity index (χ0v) is 18.2. The number of aryl methyl sites for hydroxylation is 1. The van der Waals surface area contributed by atoms with Crippen LogP contribution in [0.15, 0.2) is 24.4 Å². The molecule has 2 aromatic rings. The number of urea groups is 1. The third-order valence-electron chi connectivity index (χ3n) is 5.98. The summed E-state index contributed by atoms with van der Waals surface area (Å²) in [5.74, 6) is 1.37. The number of rotatable bonds is 6. The first-order chi connectivity index (χ1) is 14.5. The molecule has 0 spiro atoms. The number of carbonyl (C=O) groups excluding carboxylic acids is 1. The van der Waals surface area contributed by atoms with Gasteiger partial charge < -0.3 is 20.1 Å². The molecule has 1 saturated carbocycles. The third kappa shape index (κ3) is 5.08. The number of carbonyl (C=O) groups is 1. The molecule has 0 bridgehead atoms. The van der Waals surface area contributed by atoms with E-state index in [1.807, 2.05) is 25.1 Å². The number of nitrogens with one attached hydrogen (secondary N) is 2. The van der Waals surface area contributed by atoms with Crippen molar-refractivity contribution in [2.45, 2.75) is 44.2 Å². The number of anilines is 1. The maximum absolute atomic E-state index is 12.6. The number of amides is 2. The largest absolute Gasteiger partial charge is 0.495 e. The monoisotopic (exact) mass is 431 g/mol. The molecule has 8 nitrogen and oxygen atoms in total. The van der Waals surface area contributed by atoms with Crippen molar-refractivity contribution in [3.8, 4) is 5.75 Å². The summed E-state index contributed by atoms with van der Waals surface area (Å²) in [5, 5.41) is 16.4. The molecule has 2 aromatic heterocycles. The van der Waals surface area contributed by atoms with Crippen molar-refractivity contribution in [2.24, 2.45) is 5.92 Å². The van der Waals surface area contributed by atoms with Crippen molar-refractivity contribution in [3.63, 3.8) is 0 Å². The van der Waals surface area contributed by atoms with Crippen molar-refractivity contribution in [3.05, 3.63) is 35.8 Å². The van der Waals surface area contributed by atoms with Gasteiger partial charge in [0, 0.05) is 37.3 Å². The van der Waals surface area contributed by atoms with Crippen LogP contribution in [0.2, 0.25) is 0 Å². The number of likely N-dealkylation sites (tertiary alicyclic amines) is 1. The van der Waals surface area contributed by atoms with E-state index in [9.17, 15) is 9.90 Å². The number of ether oxygens (including phenoxy) is 1. The Balaban J connectivity index is 1.43. The molecule has 0 radical (unpaired) electrons. The van der Waals surface area contributed by atoms with Gasteiger partial charge in [0.05, 0.1) is 25.1 Å². The summed E-state index contributed by atoms with van der Waals surface area (Å²) >= 11 is 1.28. The molecule has 162 valence electrons. The molecule has 2 aliphatic rings. The first kappa shape index (κ1) is 21.0. The Labute approximate surface area is 180 Å². The van der Waals surface area contributed by atoms with Crippen LogP contribution in [-0.2, 0) is 0 Å². The Morgan fingerprint density at radius 3 is 2.87 bits per heavy atom. The second-order valence-corrected chi connectivity index (χ2v) is 9.11. The van der Waals surface area contributed by atoms with E-state index in [1.165, 1.54) is 11.5 Å². The van der Waals surface area contributed by atoms with Crippen molar-refractivity contribution in [1.82, 2.24) is 19.6 Å². The third-order valence-corrected chi connectivity index (χ3v) is 6.78. The van der Waals surface area contributed by atoms with Crippen LogP contribution in [0.4, 0.5) is 9.80 Å². The first-order valence-electron chi connectivity index (χ1n) is 10.4. The van der Waals surface area contributed by atoms with Gasteiger partial charge in [-0.1, -0.05) is 0 Å². The van der Waals surface area contributed by atoms with Gasteiger partial charge in [0.15, 0.2) is 0 Å². The fourth-order valence-corrected chi connectivity index (χ4v) is 5.00. The number of methoxy groups -OCH3 is 1. The molecule has 0 aromatic carbocycles. The second-order valence-electron chi connectivity index (χ2n) is 8.31. The molecule has 30 heavy (non-hydrogen) atoms. The Morgan fingerprint density at radius 2 is 2.23 bits per heavy atom. The van der Waals surface area contributed by atoms with Crippen LogP contribution in [0, 0.1) is 12.8 Å². The fourth-order valence-electron chi connectivity index (χ4n) is 4.34. The number of aromatic nitrogens is 2. The minimum Gasteiger partial charge on any atom is -0.495 e. The van der Waals surface area contributed by atoms with Crippen LogP contribution in [0.3, 0.4) is 0 Å². The summed E-state index contributed by atoms with van der Waals surface area (Å²) in [7, 11) is 1.63. The molecule has 2 amide bonds. The lowest BCUT2D eigenvalue weighted by atomic mass is 9.81. The first-order valence-corrected chi connectivity index (χ1v) is 11.2. The number of hydrogen-bond donors (Lipinski definition) is 3. The normalized spacial score (nSPS) is 26.6. The summed E-state index contributed by atoms with van der Waals surface area (Å²) < 4.78 is 9.45. The summed E-state index contributed by atoms with van der Waals surface area (Å²) in [5.41, 5.74) is 1.85. The Kier molecular flexibility index (Phi) is 6.50. The SMILES string of the molecule is COc1ccc(C2CN(CC3CC(O)C3)CCC2NC(=O)Nc2cc(C)ns2)nc1. The molecule has 2 unspecified atom stereocenters. The average molecular weight is 432 g/mol. The van der Waals surface area contributed by atoms with Gasteiger partial charge in [-0.15, -0.1) is 0 Å². The van der Waals surface area contributed by atoms with Gasteiger partial charge in [-0.25, -0.2) is 4.79 Å². The second kappa shape index (κ2) is 9.28. The smallest absolute Gasteiger partial charge is 0.320 e. The van der Waals surface area contributed by atoms with Gasteiger partial charge in [-0.3, -0.25) is 10.3 Å². The predicted octanol–water partition coefficient (Wildman–Crippen LogP) is 2.61. The van der Waals surface area contributed by atoms with Crippen molar-refractivity contribution in [1.29, 1.82) is 0 Å². The van der Waals surface area contributed by atoms with Crippen LogP contribution < -0.4 is 15.4 Å². The van der Waals surface area contributed by atoms with Crippen LogP contribution >= 0.6 is 11.5 Å². The minimum absolute atomic E-state index is 0.0110. The summed E-state index contributed by atoms with van der Waals surface area (Å²) in [6, 6.07) is 5.54. The quantitative estimate of drug-likeness (QED) is 0.650. The maximum atomic E-state index is 12.6. The van der Waals surface area contributed by atoms with Gasteiger partial charge in [-0.2, -0.15) is 4.37 Å². The molecule has 3 N–H and O–H groups in total. The number of aliphatic hydroxyl groups is 1. The number of piperidine rings is 1. The summed E-state index contributed by atoms with van der Waals surface area (Å²) in [4.78, 5) is 19.6. The molecule has 4 rings (SSSR count). The number of nitrogens with zero attached hydrogens (tertiary/aromatic N) is 3. The molecule has 2 fully saturated rings. The van der Waals surface area contributed by atoms with Crippen molar-refractivity contribution < 1.29 is 14.6 Å². The van der Waals surface area contributed by atoms with Gasteiger partial charge in [0.1, 0.15) is 10.8 Å². The molecular formula is C21H29N5O3S. The van der Waals surface area contributed by atoms with Crippen LogP contribution in [0.1, 0.15) is 36.6 Å². The highest BCUT2D eigenvalue weighted by atomic mass is 32.1. The molecule has 1 aliphatic carbocycles. The van der Waals surface area contributed by atoms with Crippen LogP contribution in [-0.4, -0.2) is 64.3 Å². The lowest BCUT2D eigenvalue weighted by Crippen LogP contribution is -2.52. The van der Waals surface area contributed by atoms with E-state index in [1.54, 1.807) is 13.3 Å². The van der Waals surface area contributed by atoms with E-state index in [-0.39, 0.29) is 24.1 Å². The van der Waals surface area contributed by atoms with E-state index >= 15 is 0 Å². The van der Waals surface area contributed by atoms with Crippen molar-refractivity contribution in [2.75, 3.05) is 32.1 Å². The standard InChI is InChI=1S/C21H29N5O3S/c1-13-7-20(30-25-13)24-21(28)23-19-5-6-26(11-14-8-15(27)9-14)12-17(19)18-4-3-16(29-2)10-22-18/h3-4,7,10,14-15,17,19,27H,5-6,8-9,11-12H2,1-2H3,(H2,23,24,28).